The number of aliphatic hydroxyl groups is 1. The van der Waals surface area contributed by atoms with Gasteiger partial charge in [0, 0.05) is 24.9 Å². The minimum Gasteiger partial charge on any atom is -0.469 e. The van der Waals surface area contributed by atoms with Crippen molar-refractivity contribution in [2.45, 2.75) is 111 Å². The van der Waals surface area contributed by atoms with Gasteiger partial charge in [-0.15, -0.1) is 0 Å². The molecule has 5 fully saturated rings. The van der Waals surface area contributed by atoms with E-state index < -0.39 is 34.6 Å². The Bertz CT molecular complexity index is 1060. The van der Waals surface area contributed by atoms with Crippen LogP contribution in [0.4, 0.5) is 0 Å². The lowest BCUT2D eigenvalue weighted by atomic mass is 9.34. The van der Waals surface area contributed by atoms with Gasteiger partial charge in [0.25, 0.3) is 0 Å². The van der Waals surface area contributed by atoms with Crippen LogP contribution in [0.15, 0.2) is 23.5 Å². The Kier molecular flexibility index (Phi) is 5.56. The van der Waals surface area contributed by atoms with Crippen LogP contribution < -0.4 is 0 Å². The highest BCUT2D eigenvalue weighted by molar-refractivity contribution is 5.86. The van der Waals surface area contributed by atoms with Gasteiger partial charge in [-0.25, -0.2) is 0 Å². The van der Waals surface area contributed by atoms with E-state index in [1.54, 1.807) is 6.92 Å². The molecule has 0 aromatic rings. The van der Waals surface area contributed by atoms with Crippen LogP contribution in [-0.2, 0) is 28.5 Å². The first kappa shape index (κ1) is 26.0. The summed E-state index contributed by atoms with van der Waals surface area (Å²) in [5.74, 6) is -2.11. The average Bonchev–Trinajstić information content (AvgIpc) is 2.79. The summed E-state index contributed by atoms with van der Waals surface area (Å²) in [5, 5.41) is 12.5. The van der Waals surface area contributed by atoms with E-state index in [0.717, 1.165) is 43.4 Å². The van der Waals surface area contributed by atoms with Crippen molar-refractivity contribution in [1.82, 2.24) is 0 Å². The van der Waals surface area contributed by atoms with E-state index in [4.69, 9.17) is 23.7 Å². The Morgan fingerprint density at radius 1 is 1.16 bits per heavy atom. The number of carbonyl (C=O) groups is 1. The molecule has 0 aromatic carbocycles. The molecule has 0 amide bonds. The largest absolute Gasteiger partial charge is 0.469 e. The molecule has 2 bridgehead atoms. The van der Waals surface area contributed by atoms with E-state index in [1.807, 2.05) is 27.7 Å². The van der Waals surface area contributed by atoms with E-state index in [1.165, 1.54) is 5.57 Å². The van der Waals surface area contributed by atoms with Crippen molar-refractivity contribution < 1.29 is 33.6 Å². The number of allylic oxidation sites excluding steroid dienone is 1. The van der Waals surface area contributed by atoms with Gasteiger partial charge < -0.3 is 28.8 Å². The molecule has 7 aliphatic rings. The Morgan fingerprint density at radius 2 is 1.89 bits per heavy atom. The van der Waals surface area contributed by atoms with Crippen LogP contribution in [-0.4, -0.2) is 54.2 Å². The van der Waals surface area contributed by atoms with Crippen molar-refractivity contribution >= 4 is 5.78 Å². The molecule has 2 saturated carbocycles. The van der Waals surface area contributed by atoms with Crippen LogP contribution in [0.3, 0.4) is 0 Å². The number of ether oxygens (including phenoxy) is 5. The van der Waals surface area contributed by atoms with Gasteiger partial charge in [0.15, 0.2) is 12.1 Å². The zero-order chi connectivity index (χ0) is 26.8. The maximum Gasteiger partial charge on any atom is 0.213 e. The van der Waals surface area contributed by atoms with Gasteiger partial charge in [0.2, 0.25) is 5.79 Å². The molecule has 3 aliphatic carbocycles. The molecule has 1 unspecified atom stereocenters. The molecule has 2 spiro atoms. The maximum absolute atomic E-state index is 14.2. The summed E-state index contributed by atoms with van der Waals surface area (Å²) in [6, 6.07) is 0. The molecule has 37 heavy (non-hydrogen) atoms. The summed E-state index contributed by atoms with van der Waals surface area (Å²) in [6.07, 6.45) is 2.28. The highest BCUT2D eigenvalue weighted by Gasteiger charge is 2.87. The van der Waals surface area contributed by atoms with Gasteiger partial charge in [0.1, 0.15) is 23.1 Å². The van der Waals surface area contributed by atoms with E-state index in [-0.39, 0.29) is 35.2 Å². The normalized spacial score (nSPS) is 48.9. The third-order valence-corrected chi connectivity index (χ3v) is 10.7. The fraction of sp³-hybridized carbons (Fsp3) is 0.833. The van der Waals surface area contributed by atoms with Crippen molar-refractivity contribution in [2.24, 2.45) is 34.0 Å². The molecule has 206 valence electrons. The van der Waals surface area contributed by atoms with Crippen LogP contribution in [0.25, 0.3) is 0 Å². The zero-order valence-electron chi connectivity index (χ0n) is 23.5. The van der Waals surface area contributed by atoms with Crippen LogP contribution in [0.2, 0.25) is 0 Å². The van der Waals surface area contributed by atoms with Gasteiger partial charge >= 0.3 is 0 Å². The Hall–Kier alpha value is -1.25. The zero-order valence-corrected chi connectivity index (χ0v) is 23.5. The summed E-state index contributed by atoms with van der Waals surface area (Å²) >= 11 is 0. The Morgan fingerprint density at radius 3 is 2.54 bits per heavy atom. The molecule has 9 atom stereocenters. The molecule has 4 aliphatic heterocycles. The van der Waals surface area contributed by atoms with Gasteiger partial charge in [0.05, 0.1) is 18.1 Å². The highest BCUT2D eigenvalue weighted by atomic mass is 16.8. The molecule has 3 saturated heterocycles. The van der Waals surface area contributed by atoms with Crippen molar-refractivity contribution in [3.05, 3.63) is 23.5 Å². The molecular formula is C30H44O7. The number of carbonyl (C=O) groups excluding carboxylic acids is 1. The monoisotopic (exact) mass is 516 g/mol. The van der Waals surface area contributed by atoms with Crippen LogP contribution in [0, 0.1) is 34.0 Å². The first-order valence-electron chi connectivity index (χ1n) is 14.2. The smallest absolute Gasteiger partial charge is 0.213 e. The van der Waals surface area contributed by atoms with Crippen LogP contribution in [0.5, 0.6) is 0 Å². The second kappa shape index (κ2) is 7.91. The number of hydrogen-bond donors (Lipinski definition) is 1. The molecule has 7 heteroatoms. The second-order valence-electron chi connectivity index (χ2n) is 13.6. The Balaban J connectivity index is 1.64. The van der Waals surface area contributed by atoms with Gasteiger partial charge in [-0.3, -0.25) is 4.79 Å². The first-order chi connectivity index (χ1) is 17.3. The number of rotatable bonds is 4. The summed E-state index contributed by atoms with van der Waals surface area (Å²) in [7, 11) is 0. The van der Waals surface area contributed by atoms with Gasteiger partial charge in [-0.1, -0.05) is 26.0 Å². The summed E-state index contributed by atoms with van der Waals surface area (Å²) in [5.41, 5.74) is 0.151. The summed E-state index contributed by atoms with van der Waals surface area (Å²) < 4.78 is 32.9. The lowest BCUT2D eigenvalue weighted by molar-refractivity contribution is -0.531. The molecular weight excluding hydrogens is 472 g/mol. The fourth-order valence-electron chi connectivity index (χ4n) is 9.91. The topological polar surface area (TPSA) is 83.5 Å². The lowest BCUT2D eigenvalue weighted by Gasteiger charge is -2.78. The van der Waals surface area contributed by atoms with Crippen molar-refractivity contribution in [3.63, 3.8) is 0 Å². The third-order valence-electron chi connectivity index (χ3n) is 10.7. The standard InChI is InChI=1S/C30H44O7/c1-9-33-21-13-10-18-14-26(5,6)22-23(32)30-29(17(4)31)20(28(22,15-34-30)24(18)35-21)12-11-19(16(2)3)25(29)36-27(7,8)37-30/h19-23,25,32H,2,9-15H2,1,3-8H3/t19-,20-,21-,22+,23-,25+,28-,29+,30?/m0/s1. The minimum absolute atomic E-state index is 0.0429. The van der Waals surface area contributed by atoms with Gasteiger partial charge in [-0.05, 0) is 77.2 Å². The number of hydrogen-bond acceptors (Lipinski definition) is 7. The summed E-state index contributed by atoms with van der Waals surface area (Å²) in [6.45, 7) is 19.0. The van der Waals surface area contributed by atoms with E-state index in [9.17, 15) is 9.90 Å². The first-order valence-corrected chi connectivity index (χ1v) is 14.2. The number of fused-ring (bicyclic) bond motifs is 1. The maximum atomic E-state index is 14.2. The highest BCUT2D eigenvalue weighted by Crippen LogP contribution is 2.78. The number of Topliss-reactive ketones (excluding diaryl/α,β-unsaturated/α-hetero) is 1. The quantitative estimate of drug-likeness (QED) is 0.534. The molecule has 7 rings (SSSR count). The minimum atomic E-state index is -1.50. The van der Waals surface area contributed by atoms with Crippen molar-refractivity contribution in [2.75, 3.05) is 13.2 Å². The van der Waals surface area contributed by atoms with Gasteiger partial charge in [-0.2, -0.15) is 0 Å². The number of ketones is 1. The number of aliphatic hydroxyl groups excluding tert-OH is 1. The molecule has 1 N–H and O–H groups in total. The predicted octanol–water partition coefficient (Wildman–Crippen LogP) is 4.88. The fourth-order valence-corrected chi connectivity index (χ4v) is 9.91. The molecule has 4 heterocycles. The van der Waals surface area contributed by atoms with E-state index in [0.29, 0.717) is 13.2 Å². The SMILES string of the molecule is C=C(C)[C@@H]1CC[C@H]2[C@@]34COC5(OC(C)(C)O[C@H]1[C@@]25C(C)=O)[C@@H](O)[C@@H]3C(C)(C)CC1=C4O[C@H](OCC)CC1. The van der Waals surface area contributed by atoms with Crippen molar-refractivity contribution in [1.29, 1.82) is 0 Å². The second-order valence-corrected chi connectivity index (χ2v) is 13.6. The van der Waals surface area contributed by atoms with E-state index in [2.05, 4.69) is 20.4 Å². The molecule has 7 nitrogen and oxygen atoms in total. The third kappa shape index (κ3) is 2.98. The predicted molar refractivity (Wildman–Crippen MR) is 136 cm³/mol. The van der Waals surface area contributed by atoms with Crippen LogP contribution in [0.1, 0.15) is 80.6 Å². The Labute approximate surface area is 220 Å². The van der Waals surface area contributed by atoms with E-state index >= 15 is 0 Å². The molecule has 0 aromatic heterocycles. The molecule has 0 radical (unpaired) electrons. The lowest BCUT2D eigenvalue weighted by Crippen LogP contribution is -2.89. The average molecular weight is 517 g/mol. The van der Waals surface area contributed by atoms with Crippen molar-refractivity contribution in [3.8, 4) is 0 Å². The summed E-state index contributed by atoms with van der Waals surface area (Å²) in [4.78, 5) is 14.2. The van der Waals surface area contributed by atoms with Crippen LogP contribution >= 0.6 is 0 Å².